The third-order valence-electron chi connectivity index (χ3n) is 3.80. The molecule has 1 aromatic carbocycles. The SMILES string of the molecule is Cc1ccc(S(=O)(=O)N2CCC(CCC(=O)O)C2)cc1F. The summed E-state index contributed by atoms with van der Waals surface area (Å²) in [4.78, 5) is 10.5. The Hall–Kier alpha value is -1.47. The van der Waals surface area contributed by atoms with Crippen molar-refractivity contribution in [1.29, 1.82) is 0 Å². The third-order valence-corrected chi connectivity index (χ3v) is 5.66. The van der Waals surface area contributed by atoms with Crippen LogP contribution in [-0.4, -0.2) is 36.9 Å². The molecule has 1 atom stereocenters. The lowest BCUT2D eigenvalue weighted by molar-refractivity contribution is -0.137. The summed E-state index contributed by atoms with van der Waals surface area (Å²) >= 11 is 0. The van der Waals surface area contributed by atoms with Crippen molar-refractivity contribution in [3.63, 3.8) is 0 Å². The number of aliphatic carboxylic acids is 1. The van der Waals surface area contributed by atoms with Crippen LogP contribution < -0.4 is 0 Å². The van der Waals surface area contributed by atoms with Crippen LogP contribution in [-0.2, 0) is 14.8 Å². The fourth-order valence-electron chi connectivity index (χ4n) is 2.46. The predicted octanol–water partition coefficient (Wildman–Crippen LogP) is 2.01. The largest absolute Gasteiger partial charge is 0.481 e. The van der Waals surface area contributed by atoms with Gasteiger partial charge in [-0.2, -0.15) is 4.31 Å². The maximum absolute atomic E-state index is 13.5. The second kappa shape index (κ2) is 6.11. The molecule has 0 radical (unpaired) electrons. The lowest BCUT2D eigenvalue weighted by atomic mass is 10.0. The number of hydrogen-bond acceptors (Lipinski definition) is 3. The van der Waals surface area contributed by atoms with Crippen LogP contribution in [0.1, 0.15) is 24.8 Å². The number of rotatable bonds is 5. The van der Waals surface area contributed by atoms with Crippen LogP contribution in [0.2, 0.25) is 0 Å². The fourth-order valence-corrected chi connectivity index (χ4v) is 4.01. The van der Waals surface area contributed by atoms with Crippen LogP contribution in [0.3, 0.4) is 0 Å². The first kappa shape index (κ1) is 15.9. The first-order valence-electron chi connectivity index (χ1n) is 6.79. The predicted molar refractivity (Wildman–Crippen MR) is 74.9 cm³/mol. The van der Waals surface area contributed by atoms with E-state index in [2.05, 4.69) is 0 Å². The quantitative estimate of drug-likeness (QED) is 0.902. The van der Waals surface area contributed by atoms with Crippen molar-refractivity contribution in [3.8, 4) is 0 Å². The van der Waals surface area contributed by atoms with Crippen LogP contribution >= 0.6 is 0 Å². The van der Waals surface area contributed by atoms with E-state index in [1.54, 1.807) is 6.92 Å². The van der Waals surface area contributed by atoms with Crippen LogP contribution in [0.5, 0.6) is 0 Å². The van der Waals surface area contributed by atoms with E-state index in [1.165, 1.54) is 16.4 Å². The summed E-state index contributed by atoms with van der Waals surface area (Å²) in [5.74, 6) is -1.37. The standard InChI is InChI=1S/C14H18FNO4S/c1-10-2-4-12(8-13(10)15)21(19,20)16-7-6-11(9-16)3-5-14(17)18/h2,4,8,11H,3,5-7,9H2,1H3,(H,17,18). The first-order chi connectivity index (χ1) is 9.80. The van der Waals surface area contributed by atoms with Gasteiger partial charge in [-0.05, 0) is 43.4 Å². The maximum Gasteiger partial charge on any atom is 0.303 e. The van der Waals surface area contributed by atoms with Crippen LogP contribution in [0.25, 0.3) is 0 Å². The van der Waals surface area contributed by atoms with Gasteiger partial charge in [0.15, 0.2) is 0 Å². The van der Waals surface area contributed by atoms with Gasteiger partial charge in [-0.1, -0.05) is 6.07 Å². The van der Waals surface area contributed by atoms with E-state index in [-0.39, 0.29) is 17.2 Å². The number of sulfonamides is 1. The molecule has 1 unspecified atom stereocenters. The summed E-state index contributed by atoms with van der Waals surface area (Å²) in [6, 6.07) is 3.88. The molecular weight excluding hydrogens is 297 g/mol. The molecule has 1 fully saturated rings. The van der Waals surface area contributed by atoms with E-state index >= 15 is 0 Å². The Morgan fingerprint density at radius 3 is 2.81 bits per heavy atom. The monoisotopic (exact) mass is 315 g/mol. The highest BCUT2D eigenvalue weighted by atomic mass is 32.2. The molecule has 21 heavy (non-hydrogen) atoms. The number of aryl methyl sites for hydroxylation is 1. The topological polar surface area (TPSA) is 74.7 Å². The highest BCUT2D eigenvalue weighted by molar-refractivity contribution is 7.89. The zero-order chi connectivity index (χ0) is 15.6. The molecule has 5 nitrogen and oxygen atoms in total. The Bertz CT molecular complexity index is 644. The van der Waals surface area contributed by atoms with Gasteiger partial charge < -0.3 is 5.11 Å². The molecular formula is C14H18FNO4S. The summed E-state index contributed by atoms with van der Waals surface area (Å²) in [7, 11) is -3.70. The molecule has 1 saturated heterocycles. The molecule has 0 aliphatic carbocycles. The normalized spacial score (nSPS) is 19.8. The van der Waals surface area contributed by atoms with Crippen LogP contribution in [0.15, 0.2) is 23.1 Å². The first-order valence-corrected chi connectivity index (χ1v) is 8.23. The lowest BCUT2D eigenvalue weighted by Gasteiger charge is -2.17. The summed E-state index contributed by atoms with van der Waals surface area (Å²) in [6.07, 6.45) is 1.14. The van der Waals surface area contributed by atoms with E-state index in [0.29, 0.717) is 31.5 Å². The number of carboxylic acids is 1. The summed E-state index contributed by atoms with van der Waals surface area (Å²) < 4.78 is 39.7. The van der Waals surface area contributed by atoms with Gasteiger partial charge in [-0.15, -0.1) is 0 Å². The van der Waals surface area contributed by atoms with Gasteiger partial charge >= 0.3 is 5.97 Å². The number of carbonyl (C=O) groups is 1. The number of hydrogen-bond donors (Lipinski definition) is 1. The molecule has 0 saturated carbocycles. The summed E-state index contributed by atoms with van der Waals surface area (Å²) in [5.41, 5.74) is 0.398. The fraction of sp³-hybridized carbons (Fsp3) is 0.500. The Labute approximate surface area is 123 Å². The van der Waals surface area contributed by atoms with E-state index in [0.717, 1.165) is 6.07 Å². The van der Waals surface area contributed by atoms with Crippen molar-refractivity contribution in [2.45, 2.75) is 31.1 Å². The minimum Gasteiger partial charge on any atom is -0.481 e. The zero-order valence-corrected chi connectivity index (χ0v) is 12.6. The smallest absolute Gasteiger partial charge is 0.303 e. The van der Waals surface area contributed by atoms with Crippen molar-refractivity contribution in [1.82, 2.24) is 4.31 Å². The van der Waals surface area contributed by atoms with Crippen molar-refractivity contribution < 1.29 is 22.7 Å². The zero-order valence-electron chi connectivity index (χ0n) is 11.8. The molecule has 7 heteroatoms. The molecule has 1 N–H and O–H groups in total. The Balaban J connectivity index is 2.10. The van der Waals surface area contributed by atoms with Gasteiger partial charge in [0.05, 0.1) is 4.90 Å². The Kier molecular flexibility index (Phi) is 4.63. The lowest BCUT2D eigenvalue weighted by Crippen LogP contribution is -2.29. The average Bonchev–Trinajstić information content (AvgIpc) is 2.89. The number of carboxylic acid groups (broad SMARTS) is 1. The van der Waals surface area contributed by atoms with Gasteiger partial charge in [0.25, 0.3) is 0 Å². The maximum atomic E-state index is 13.5. The van der Waals surface area contributed by atoms with Gasteiger partial charge in [0.2, 0.25) is 10.0 Å². The van der Waals surface area contributed by atoms with Crippen molar-refractivity contribution >= 4 is 16.0 Å². The Morgan fingerprint density at radius 1 is 1.48 bits per heavy atom. The van der Waals surface area contributed by atoms with Crippen molar-refractivity contribution in [2.24, 2.45) is 5.92 Å². The molecule has 0 bridgehead atoms. The van der Waals surface area contributed by atoms with Gasteiger partial charge in [0.1, 0.15) is 5.82 Å². The molecule has 0 spiro atoms. The van der Waals surface area contributed by atoms with Gasteiger partial charge in [-0.3, -0.25) is 4.79 Å². The second-order valence-corrected chi connectivity index (χ2v) is 7.30. The van der Waals surface area contributed by atoms with Gasteiger partial charge in [0, 0.05) is 19.5 Å². The highest BCUT2D eigenvalue weighted by Crippen LogP contribution is 2.27. The number of halogens is 1. The molecule has 1 aliphatic rings. The van der Waals surface area contributed by atoms with Crippen LogP contribution in [0.4, 0.5) is 4.39 Å². The summed E-state index contributed by atoms with van der Waals surface area (Å²) in [5, 5.41) is 8.66. The molecule has 116 valence electrons. The second-order valence-electron chi connectivity index (χ2n) is 5.36. The number of nitrogens with zero attached hydrogens (tertiary/aromatic N) is 1. The average molecular weight is 315 g/mol. The van der Waals surface area contributed by atoms with E-state index in [4.69, 9.17) is 5.11 Å². The van der Waals surface area contributed by atoms with E-state index in [9.17, 15) is 17.6 Å². The number of benzene rings is 1. The van der Waals surface area contributed by atoms with E-state index in [1.807, 2.05) is 0 Å². The van der Waals surface area contributed by atoms with E-state index < -0.39 is 21.8 Å². The minimum atomic E-state index is -3.70. The highest BCUT2D eigenvalue weighted by Gasteiger charge is 2.32. The molecule has 2 rings (SSSR count). The Morgan fingerprint density at radius 2 is 2.19 bits per heavy atom. The molecule has 1 aromatic rings. The summed E-state index contributed by atoms with van der Waals surface area (Å²) in [6.45, 7) is 2.22. The third kappa shape index (κ3) is 3.59. The van der Waals surface area contributed by atoms with Crippen molar-refractivity contribution in [2.75, 3.05) is 13.1 Å². The van der Waals surface area contributed by atoms with Crippen LogP contribution in [0, 0.1) is 18.7 Å². The van der Waals surface area contributed by atoms with Gasteiger partial charge in [-0.25, -0.2) is 12.8 Å². The van der Waals surface area contributed by atoms with Crippen molar-refractivity contribution in [3.05, 3.63) is 29.6 Å². The molecule has 0 amide bonds. The molecule has 1 heterocycles. The molecule has 0 aromatic heterocycles. The molecule has 1 aliphatic heterocycles. The minimum absolute atomic E-state index is 0.0394.